The molecule has 1 heterocycles. The van der Waals surface area contributed by atoms with Gasteiger partial charge in [-0.2, -0.15) is 0 Å². The highest BCUT2D eigenvalue weighted by molar-refractivity contribution is 7.93. The van der Waals surface area contributed by atoms with Crippen molar-refractivity contribution < 1.29 is 4.21 Å². The Hall–Kier alpha value is -0.0900. The Morgan fingerprint density at radius 3 is 2.64 bits per heavy atom. The van der Waals surface area contributed by atoms with Gasteiger partial charge in [0.15, 0.2) is 0 Å². The summed E-state index contributed by atoms with van der Waals surface area (Å²) >= 11 is 0. The third kappa shape index (κ3) is 1.73. The van der Waals surface area contributed by atoms with E-state index in [0.717, 1.165) is 19.5 Å². The highest BCUT2D eigenvalue weighted by Gasteiger charge is 2.27. The quantitative estimate of drug-likeness (QED) is 0.654. The van der Waals surface area contributed by atoms with Gasteiger partial charge < -0.3 is 5.32 Å². The van der Waals surface area contributed by atoms with Crippen LogP contribution < -0.4 is 5.32 Å². The van der Waals surface area contributed by atoms with Crippen molar-refractivity contribution in [2.24, 2.45) is 0 Å². The van der Waals surface area contributed by atoms with Crippen molar-refractivity contribution in [1.29, 1.82) is 4.78 Å². The SMILES string of the molecule is CC(C)S(=N)(=O)C1CCNC1. The van der Waals surface area contributed by atoms with Crippen LogP contribution in [0.25, 0.3) is 0 Å². The molecule has 0 amide bonds. The zero-order valence-corrected chi connectivity index (χ0v) is 7.91. The maximum atomic E-state index is 11.7. The van der Waals surface area contributed by atoms with Crippen LogP contribution in [-0.2, 0) is 9.73 Å². The maximum Gasteiger partial charge on any atom is 0.0567 e. The van der Waals surface area contributed by atoms with E-state index in [4.69, 9.17) is 4.78 Å². The molecule has 0 aliphatic carbocycles. The Bertz CT molecular complexity index is 215. The molecule has 2 unspecified atom stereocenters. The number of nitrogens with one attached hydrogen (secondary N) is 2. The topological polar surface area (TPSA) is 53.0 Å². The Kier molecular flexibility index (Phi) is 2.54. The summed E-state index contributed by atoms with van der Waals surface area (Å²) in [5, 5.41) is 3.21. The van der Waals surface area contributed by atoms with Crippen LogP contribution in [0.15, 0.2) is 0 Å². The average Bonchev–Trinajstić information content (AvgIpc) is 2.37. The molecule has 0 saturated carbocycles. The molecule has 1 rings (SSSR count). The average molecular weight is 176 g/mol. The molecule has 1 fully saturated rings. The van der Waals surface area contributed by atoms with Gasteiger partial charge in [-0.1, -0.05) is 13.8 Å². The normalized spacial score (nSPS) is 30.6. The first-order valence-electron chi connectivity index (χ1n) is 4.02. The van der Waals surface area contributed by atoms with E-state index in [9.17, 15) is 4.21 Å². The maximum absolute atomic E-state index is 11.7. The minimum atomic E-state index is -2.34. The molecule has 0 radical (unpaired) electrons. The smallest absolute Gasteiger partial charge is 0.0567 e. The van der Waals surface area contributed by atoms with Gasteiger partial charge in [-0.15, -0.1) is 0 Å². The highest BCUT2D eigenvalue weighted by Crippen LogP contribution is 2.15. The van der Waals surface area contributed by atoms with E-state index in [1.54, 1.807) is 0 Å². The molecule has 11 heavy (non-hydrogen) atoms. The molecular formula is C7H16N2OS. The lowest BCUT2D eigenvalue weighted by Gasteiger charge is -2.16. The molecular weight excluding hydrogens is 160 g/mol. The third-order valence-electron chi connectivity index (χ3n) is 2.21. The van der Waals surface area contributed by atoms with Gasteiger partial charge in [0.1, 0.15) is 0 Å². The lowest BCUT2D eigenvalue weighted by molar-refractivity contribution is 0.654. The van der Waals surface area contributed by atoms with Crippen molar-refractivity contribution >= 4 is 9.73 Å². The van der Waals surface area contributed by atoms with Crippen LogP contribution >= 0.6 is 0 Å². The fourth-order valence-corrected chi connectivity index (χ4v) is 2.92. The second-order valence-electron chi connectivity index (χ2n) is 3.31. The highest BCUT2D eigenvalue weighted by atomic mass is 32.2. The molecule has 0 aromatic heterocycles. The number of hydrogen-bond donors (Lipinski definition) is 2. The molecule has 3 nitrogen and oxygen atoms in total. The Morgan fingerprint density at radius 2 is 2.27 bits per heavy atom. The molecule has 1 aliphatic rings. The predicted molar refractivity (Wildman–Crippen MR) is 47.3 cm³/mol. The first-order valence-corrected chi connectivity index (χ1v) is 5.70. The molecule has 1 saturated heterocycles. The number of rotatable bonds is 2. The van der Waals surface area contributed by atoms with E-state index in [0.29, 0.717) is 0 Å². The van der Waals surface area contributed by atoms with Crippen molar-refractivity contribution in [3.8, 4) is 0 Å². The summed E-state index contributed by atoms with van der Waals surface area (Å²) < 4.78 is 19.4. The van der Waals surface area contributed by atoms with Crippen LogP contribution in [0.1, 0.15) is 20.3 Å². The molecule has 4 heteroatoms. The van der Waals surface area contributed by atoms with Gasteiger partial charge in [-0.25, -0.2) is 4.21 Å². The van der Waals surface area contributed by atoms with Gasteiger partial charge in [-0.3, -0.25) is 4.78 Å². The first kappa shape index (κ1) is 9.00. The van der Waals surface area contributed by atoms with E-state index in [2.05, 4.69) is 5.32 Å². The van der Waals surface area contributed by atoms with Gasteiger partial charge in [0.25, 0.3) is 0 Å². The van der Waals surface area contributed by atoms with Gasteiger partial charge >= 0.3 is 0 Å². The summed E-state index contributed by atoms with van der Waals surface area (Å²) in [7, 11) is -2.34. The van der Waals surface area contributed by atoms with Crippen LogP contribution in [0.4, 0.5) is 0 Å². The monoisotopic (exact) mass is 176 g/mol. The fraction of sp³-hybridized carbons (Fsp3) is 1.00. The molecule has 2 N–H and O–H groups in total. The van der Waals surface area contributed by atoms with Crippen LogP contribution in [0.5, 0.6) is 0 Å². The van der Waals surface area contributed by atoms with E-state index in [1.807, 2.05) is 13.8 Å². The van der Waals surface area contributed by atoms with Crippen molar-refractivity contribution in [2.45, 2.75) is 30.8 Å². The van der Waals surface area contributed by atoms with Gasteiger partial charge in [-0.05, 0) is 13.0 Å². The molecule has 0 aromatic rings. The van der Waals surface area contributed by atoms with Gasteiger partial charge in [0.2, 0.25) is 0 Å². The Morgan fingerprint density at radius 1 is 1.64 bits per heavy atom. The Balaban J connectivity index is 2.72. The van der Waals surface area contributed by atoms with Gasteiger partial charge in [0.05, 0.1) is 15.0 Å². The van der Waals surface area contributed by atoms with Gasteiger partial charge in [0, 0.05) is 11.8 Å². The molecule has 1 aliphatic heterocycles. The molecule has 0 spiro atoms. The molecule has 0 aromatic carbocycles. The minimum absolute atomic E-state index is 0.00704. The zero-order valence-electron chi connectivity index (χ0n) is 7.09. The lowest BCUT2D eigenvalue weighted by Crippen LogP contribution is -2.29. The second kappa shape index (κ2) is 3.11. The summed E-state index contributed by atoms with van der Waals surface area (Å²) in [6.45, 7) is 5.43. The standard InChI is InChI=1S/C7H16N2OS/c1-6(2)11(8,10)7-3-4-9-5-7/h6-9H,3-5H2,1-2H3. The summed E-state index contributed by atoms with van der Waals surface area (Å²) in [6.07, 6.45) is 0.903. The van der Waals surface area contributed by atoms with E-state index >= 15 is 0 Å². The second-order valence-corrected chi connectivity index (χ2v) is 6.22. The van der Waals surface area contributed by atoms with Crippen LogP contribution in [0, 0.1) is 4.78 Å². The van der Waals surface area contributed by atoms with Crippen LogP contribution in [0.2, 0.25) is 0 Å². The van der Waals surface area contributed by atoms with E-state index in [1.165, 1.54) is 0 Å². The molecule has 2 atom stereocenters. The van der Waals surface area contributed by atoms with E-state index < -0.39 is 9.73 Å². The molecule has 0 bridgehead atoms. The number of hydrogen-bond acceptors (Lipinski definition) is 3. The van der Waals surface area contributed by atoms with Crippen LogP contribution in [-0.4, -0.2) is 27.8 Å². The largest absolute Gasteiger partial charge is 0.315 e. The summed E-state index contributed by atoms with van der Waals surface area (Å²) in [5.74, 6) is 0. The van der Waals surface area contributed by atoms with Crippen molar-refractivity contribution in [2.75, 3.05) is 13.1 Å². The van der Waals surface area contributed by atoms with Crippen molar-refractivity contribution in [1.82, 2.24) is 5.32 Å². The Labute approximate surface area is 68.5 Å². The van der Waals surface area contributed by atoms with Crippen LogP contribution in [0.3, 0.4) is 0 Å². The van der Waals surface area contributed by atoms with E-state index in [-0.39, 0.29) is 10.5 Å². The van der Waals surface area contributed by atoms with Crippen molar-refractivity contribution in [3.63, 3.8) is 0 Å². The summed E-state index contributed by atoms with van der Waals surface area (Å²) in [5.41, 5.74) is 0. The summed E-state index contributed by atoms with van der Waals surface area (Å²) in [6, 6.07) is 0. The fourth-order valence-electron chi connectivity index (χ4n) is 1.31. The third-order valence-corrected chi connectivity index (χ3v) is 5.00. The molecule has 66 valence electrons. The van der Waals surface area contributed by atoms with Crippen molar-refractivity contribution in [3.05, 3.63) is 0 Å². The summed E-state index contributed by atoms with van der Waals surface area (Å²) in [4.78, 5) is 0. The lowest BCUT2D eigenvalue weighted by atomic mass is 10.4. The first-order chi connectivity index (χ1) is 5.05. The minimum Gasteiger partial charge on any atom is -0.315 e. The predicted octanol–water partition coefficient (Wildman–Crippen LogP) is 0.803. The zero-order chi connectivity index (χ0) is 8.48.